The number of carbonyl (C=O) groups excluding carboxylic acids is 1. The van der Waals surface area contributed by atoms with Crippen molar-refractivity contribution in [1.82, 2.24) is 0 Å². The van der Waals surface area contributed by atoms with Crippen LogP contribution >= 0.6 is 0 Å². The number of allylic oxidation sites excluding steroid dienone is 1. The molecule has 8 atom stereocenters. The lowest BCUT2D eigenvalue weighted by atomic mass is 9.47. The highest BCUT2D eigenvalue weighted by Crippen LogP contribution is 2.66. The monoisotopic (exact) mass is 344 g/mol. The number of carbonyl (C=O) groups is 1. The van der Waals surface area contributed by atoms with Crippen LogP contribution in [0.4, 0.5) is 0 Å². The van der Waals surface area contributed by atoms with Gasteiger partial charge >= 0.3 is 0 Å². The van der Waals surface area contributed by atoms with Crippen molar-refractivity contribution in [3.05, 3.63) is 11.6 Å². The van der Waals surface area contributed by atoms with E-state index in [1.165, 1.54) is 5.57 Å². The number of fused-ring (bicyclic) bond motifs is 5. The van der Waals surface area contributed by atoms with Crippen LogP contribution in [-0.4, -0.2) is 38.9 Å². The van der Waals surface area contributed by atoms with Gasteiger partial charge in [-0.3, -0.25) is 4.79 Å². The largest absolute Gasteiger partial charge is 0.393 e. The Morgan fingerprint density at radius 2 is 1.96 bits per heavy atom. The minimum absolute atomic E-state index is 0.0170. The number of hydrogen-bond acceptors (Lipinski definition) is 4. The maximum atomic E-state index is 12.6. The molecule has 3 saturated carbocycles. The Morgan fingerprint density at radius 3 is 2.64 bits per heavy atom. The molecule has 0 aromatic heterocycles. The molecule has 4 aliphatic rings. The molecule has 4 heteroatoms. The fourth-order valence-corrected chi connectivity index (χ4v) is 6.79. The molecule has 4 nitrogen and oxygen atoms in total. The highest BCUT2D eigenvalue weighted by molar-refractivity contribution is 5.98. The molecule has 3 N–H and O–H groups in total. The average molecular weight is 344 g/mol. The summed E-state index contributed by atoms with van der Waals surface area (Å²) in [5.41, 5.74) is -1.28. The van der Waals surface area contributed by atoms with E-state index in [9.17, 15) is 20.1 Å². The maximum Gasteiger partial charge on any atom is 0.205 e. The third-order valence-electron chi connectivity index (χ3n) is 8.33. The molecule has 136 valence electrons. The molecule has 0 saturated heterocycles. The Balaban J connectivity index is 1.77. The van der Waals surface area contributed by atoms with Gasteiger partial charge in [-0.05, 0) is 55.8 Å². The maximum absolute atomic E-state index is 12.6. The van der Waals surface area contributed by atoms with Crippen LogP contribution < -0.4 is 0 Å². The Bertz CT molecular complexity index is 690. The van der Waals surface area contributed by atoms with Gasteiger partial charge in [0, 0.05) is 11.3 Å². The first kappa shape index (κ1) is 17.3. The number of ketones is 1. The summed E-state index contributed by atoms with van der Waals surface area (Å²) in [6.45, 7) is 4.16. The first-order valence-electron chi connectivity index (χ1n) is 9.49. The van der Waals surface area contributed by atoms with Crippen molar-refractivity contribution in [1.29, 1.82) is 0 Å². The Kier molecular flexibility index (Phi) is 3.59. The van der Waals surface area contributed by atoms with E-state index in [4.69, 9.17) is 6.42 Å². The van der Waals surface area contributed by atoms with Crippen molar-refractivity contribution in [2.24, 2.45) is 28.6 Å². The van der Waals surface area contributed by atoms with Gasteiger partial charge in [0.25, 0.3) is 0 Å². The van der Waals surface area contributed by atoms with Gasteiger partial charge in [-0.1, -0.05) is 31.4 Å². The van der Waals surface area contributed by atoms with Crippen LogP contribution in [0.5, 0.6) is 0 Å². The topological polar surface area (TPSA) is 77.8 Å². The summed E-state index contributed by atoms with van der Waals surface area (Å²) in [7, 11) is 0. The minimum atomic E-state index is -1.87. The van der Waals surface area contributed by atoms with E-state index in [2.05, 4.69) is 18.9 Å². The van der Waals surface area contributed by atoms with Crippen LogP contribution in [0.3, 0.4) is 0 Å². The van der Waals surface area contributed by atoms with Crippen LogP contribution in [0.15, 0.2) is 11.6 Å². The van der Waals surface area contributed by atoms with Crippen molar-refractivity contribution in [2.75, 3.05) is 0 Å². The highest BCUT2D eigenvalue weighted by atomic mass is 16.3. The van der Waals surface area contributed by atoms with E-state index < -0.39 is 22.9 Å². The number of Topliss-reactive ketones (excluding diaryl/α,β-unsaturated/α-hetero) is 1. The van der Waals surface area contributed by atoms with Crippen molar-refractivity contribution in [3.8, 4) is 12.3 Å². The van der Waals surface area contributed by atoms with E-state index >= 15 is 0 Å². The molecule has 4 rings (SSSR count). The molecule has 0 heterocycles. The summed E-state index contributed by atoms with van der Waals surface area (Å²) in [6, 6.07) is 0. The van der Waals surface area contributed by atoms with Gasteiger partial charge in [-0.2, -0.15) is 0 Å². The molecule has 0 aromatic carbocycles. The van der Waals surface area contributed by atoms with Gasteiger partial charge < -0.3 is 15.3 Å². The predicted molar refractivity (Wildman–Crippen MR) is 93.3 cm³/mol. The third kappa shape index (κ3) is 1.92. The zero-order valence-electron chi connectivity index (χ0n) is 15.0. The SMILES string of the molecule is C#C[C@]1(O)C(=O)[C@H](O)C2C3CC=C4C[C@H](O)CC[C@]4(C)C3CC[C@@]21C. The van der Waals surface area contributed by atoms with E-state index in [-0.39, 0.29) is 23.4 Å². The smallest absolute Gasteiger partial charge is 0.205 e. The summed E-state index contributed by atoms with van der Waals surface area (Å²) < 4.78 is 0. The summed E-state index contributed by atoms with van der Waals surface area (Å²) in [6.07, 6.45) is 11.1. The molecular weight excluding hydrogens is 316 g/mol. The van der Waals surface area contributed by atoms with Crippen LogP contribution in [0, 0.1) is 40.9 Å². The van der Waals surface area contributed by atoms with Gasteiger partial charge in [0.05, 0.1) is 6.10 Å². The number of aliphatic hydroxyl groups is 3. The second-order valence-corrected chi connectivity index (χ2v) is 9.20. The van der Waals surface area contributed by atoms with E-state index in [1.54, 1.807) is 0 Å². The molecule has 3 fully saturated rings. The highest BCUT2D eigenvalue weighted by Gasteiger charge is 2.70. The molecule has 0 amide bonds. The lowest BCUT2D eigenvalue weighted by Gasteiger charge is -2.58. The molecule has 0 aliphatic heterocycles. The molecule has 3 unspecified atom stereocenters. The van der Waals surface area contributed by atoms with Crippen molar-refractivity contribution < 1.29 is 20.1 Å². The van der Waals surface area contributed by atoms with E-state index in [0.717, 1.165) is 32.1 Å². The number of hydrogen-bond donors (Lipinski definition) is 3. The molecule has 25 heavy (non-hydrogen) atoms. The average Bonchev–Trinajstić information content (AvgIpc) is 2.74. The Labute approximate surface area is 149 Å². The summed E-state index contributed by atoms with van der Waals surface area (Å²) in [5.74, 6) is 1.93. The van der Waals surface area contributed by atoms with Gasteiger partial charge in [0.2, 0.25) is 5.78 Å². The Hall–Kier alpha value is -1.15. The number of terminal acetylenes is 1. The van der Waals surface area contributed by atoms with Gasteiger partial charge in [0.15, 0.2) is 5.60 Å². The van der Waals surface area contributed by atoms with Crippen molar-refractivity contribution >= 4 is 5.78 Å². The third-order valence-corrected chi connectivity index (χ3v) is 8.33. The lowest BCUT2D eigenvalue weighted by Crippen LogP contribution is -2.55. The van der Waals surface area contributed by atoms with E-state index in [0.29, 0.717) is 12.3 Å². The first-order valence-corrected chi connectivity index (χ1v) is 9.49. The second-order valence-electron chi connectivity index (χ2n) is 9.20. The molecular formula is C21H28O4. The zero-order valence-corrected chi connectivity index (χ0v) is 15.0. The molecule has 0 bridgehead atoms. The van der Waals surface area contributed by atoms with Gasteiger partial charge in [0.1, 0.15) is 6.10 Å². The summed E-state index contributed by atoms with van der Waals surface area (Å²) in [5, 5.41) is 31.7. The van der Waals surface area contributed by atoms with Crippen LogP contribution in [0.2, 0.25) is 0 Å². The second kappa shape index (κ2) is 5.19. The quantitative estimate of drug-likeness (QED) is 0.463. The normalized spacial score (nSPS) is 54.8. The van der Waals surface area contributed by atoms with Crippen molar-refractivity contribution in [2.45, 2.75) is 70.2 Å². The summed E-state index contributed by atoms with van der Waals surface area (Å²) >= 11 is 0. The molecule has 0 aromatic rings. The molecule has 0 spiro atoms. The zero-order chi connectivity index (χ0) is 18.2. The van der Waals surface area contributed by atoms with Crippen molar-refractivity contribution in [3.63, 3.8) is 0 Å². The fourth-order valence-electron chi connectivity index (χ4n) is 6.79. The standard InChI is InChI=1S/C21H28O4/c1-4-21(25)18(24)17(23)16-14-6-5-12-11-13(22)7-9-19(12,2)15(14)8-10-20(16,21)3/h1,5,13-17,22-23,25H,6-11H2,2-3H3/t13-,14?,15?,16?,17-,19+,20+,21+/m1/s1. The predicted octanol–water partition coefficient (Wildman–Crippen LogP) is 1.82. The first-order chi connectivity index (χ1) is 11.7. The lowest BCUT2D eigenvalue weighted by molar-refractivity contribution is -0.140. The molecule has 0 radical (unpaired) electrons. The number of aliphatic hydroxyl groups excluding tert-OH is 2. The molecule has 4 aliphatic carbocycles. The van der Waals surface area contributed by atoms with Crippen LogP contribution in [0.1, 0.15) is 52.4 Å². The summed E-state index contributed by atoms with van der Waals surface area (Å²) in [4.78, 5) is 12.6. The van der Waals surface area contributed by atoms with Gasteiger partial charge in [-0.25, -0.2) is 0 Å². The number of rotatable bonds is 0. The van der Waals surface area contributed by atoms with Crippen LogP contribution in [-0.2, 0) is 4.79 Å². The van der Waals surface area contributed by atoms with Crippen LogP contribution in [0.25, 0.3) is 0 Å². The van der Waals surface area contributed by atoms with E-state index in [1.807, 2.05) is 6.92 Å². The Morgan fingerprint density at radius 1 is 1.24 bits per heavy atom. The van der Waals surface area contributed by atoms with Gasteiger partial charge in [-0.15, -0.1) is 6.42 Å². The fraction of sp³-hybridized carbons (Fsp3) is 0.762. The minimum Gasteiger partial charge on any atom is -0.393 e.